The van der Waals surface area contributed by atoms with Gasteiger partial charge in [-0.1, -0.05) is 6.92 Å². The lowest BCUT2D eigenvalue weighted by Crippen LogP contribution is -2.50. The van der Waals surface area contributed by atoms with Crippen LogP contribution in [0.3, 0.4) is 0 Å². The number of rotatable bonds is 4. The summed E-state index contributed by atoms with van der Waals surface area (Å²) in [6.07, 6.45) is 9.36. The summed E-state index contributed by atoms with van der Waals surface area (Å²) >= 11 is 0. The topological polar surface area (TPSA) is 56.1 Å². The van der Waals surface area contributed by atoms with Gasteiger partial charge in [0, 0.05) is 11.7 Å². The Balaban J connectivity index is 1.82. The van der Waals surface area contributed by atoms with Crippen molar-refractivity contribution in [1.29, 1.82) is 0 Å². The van der Waals surface area contributed by atoms with Crippen molar-refractivity contribution >= 4 is 5.97 Å². The van der Waals surface area contributed by atoms with Gasteiger partial charge in [0.1, 0.15) is 5.54 Å². The van der Waals surface area contributed by atoms with E-state index in [1.54, 1.807) is 0 Å². The number of aromatic nitrogens is 2. The number of hydrogen-bond donors (Lipinski definition) is 1. The Hall–Kier alpha value is -1.36. The molecule has 1 fully saturated rings. The molecule has 1 aromatic heterocycles. The van der Waals surface area contributed by atoms with Crippen molar-refractivity contribution < 1.29 is 9.53 Å². The van der Waals surface area contributed by atoms with E-state index in [9.17, 15) is 4.79 Å². The molecule has 5 heteroatoms. The molecule has 0 radical (unpaired) electrons. The zero-order valence-corrected chi connectivity index (χ0v) is 13.0. The lowest BCUT2D eigenvalue weighted by Gasteiger charge is -2.27. The molecular weight excluding hydrogens is 266 g/mol. The maximum atomic E-state index is 12.2. The Labute approximate surface area is 126 Å². The van der Waals surface area contributed by atoms with E-state index in [4.69, 9.17) is 4.74 Å². The Morgan fingerprint density at radius 1 is 1.52 bits per heavy atom. The van der Waals surface area contributed by atoms with E-state index < -0.39 is 5.54 Å². The first kappa shape index (κ1) is 14.6. The number of ether oxygens (including phenoxy) is 1. The average Bonchev–Trinajstić information content (AvgIpc) is 3.11. The van der Waals surface area contributed by atoms with Crippen LogP contribution in [0.5, 0.6) is 0 Å². The van der Waals surface area contributed by atoms with Gasteiger partial charge in [-0.05, 0) is 51.5 Å². The minimum Gasteiger partial charge on any atom is -0.468 e. The number of methoxy groups -OCH3 is 1. The van der Waals surface area contributed by atoms with Gasteiger partial charge in [-0.3, -0.25) is 4.79 Å². The van der Waals surface area contributed by atoms with Crippen LogP contribution in [0, 0.1) is 0 Å². The molecule has 0 spiro atoms. The molecule has 0 aliphatic heterocycles. The SMILES string of the molecule is CCNC1(C(=O)OC)CCC(n2cnc3c2CCCC3)C1. The number of carbonyl (C=O) groups is 1. The van der Waals surface area contributed by atoms with Crippen LogP contribution >= 0.6 is 0 Å². The quantitative estimate of drug-likeness (QED) is 0.862. The first-order valence-electron chi connectivity index (χ1n) is 8.08. The molecule has 1 N–H and O–H groups in total. The molecule has 21 heavy (non-hydrogen) atoms. The Morgan fingerprint density at radius 2 is 2.33 bits per heavy atom. The van der Waals surface area contributed by atoms with Crippen molar-refractivity contribution in [3.8, 4) is 0 Å². The molecule has 1 heterocycles. The van der Waals surface area contributed by atoms with Gasteiger partial charge in [0.15, 0.2) is 0 Å². The number of fused-ring (bicyclic) bond motifs is 1. The fourth-order valence-corrected chi connectivity index (χ4v) is 4.02. The van der Waals surface area contributed by atoms with Crippen LogP contribution in [0.1, 0.15) is 56.5 Å². The van der Waals surface area contributed by atoms with Crippen molar-refractivity contribution in [2.24, 2.45) is 0 Å². The molecule has 0 saturated heterocycles. The molecule has 0 aromatic carbocycles. The normalized spacial score (nSPS) is 28.4. The lowest BCUT2D eigenvalue weighted by atomic mass is 9.97. The Morgan fingerprint density at radius 3 is 3.10 bits per heavy atom. The second-order valence-electron chi connectivity index (χ2n) is 6.25. The van der Waals surface area contributed by atoms with Crippen LogP contribution in [-0.4, -0.2) is 34.7 Å². The van der Waals surface area contributed by atoms with E-state index in [-0.39, 0.29) is 5.97 Å². The molecule has 116 valence electrons. The molecule has 1 aromatic rings. The van der Waals surface area contributed by atoms with Gasteiger partial charge < -0.3 is 14.6 Å². The molecule has 0 bridgehead atoms. The summed E-state index contributed by atoms with van der Waals surface area (Å²) in [6.45, 7) is 2.82. The van der Waals surface area contributed by atoms with Gasteiger partial charge in [-0.2, -0.15) is 0 Å². The van der Waals surface area contributed by atoms with Crippen molar-refractivity contribution in [3.05, 3.63) is 17.7 Å². The van der Waals surface area contributed by atoms with Crippen molar-refractivity contribution in [1.82, 2.24) is 14.9 Å². The van der Waals surface area contributed by atoms with Crippen LogP contribution in [0.2, 0.25) is 0 Å². The van der Waals surface area contributed by atoms with Crippen LogP contribution < -0.4 is 5.32 Å². The highest BCUT2D eigenvalue weighted by Gasteiger charge is 2.46. The molecular formula is C16H25N3O2. The van der Waals surface area contributed by atoms with Crippen molar-refractivity contribution in [2.75, 3.05) is 13.7 Å². The maximum Gasteiger partial charge on any atom is 0.326 e. The first-order chi connectivity index (χ1) is 10.2. The number of nitrogens with zero attached hydrogens (tertiary/aromatic N) is 2. The largest absolute Gasteiger partial charge is 0.468 e. The number of carbonyl (C=O) groups excluding carboxylic acids is 1. The predicted octanol–water partition coefficient (Wildman–Crippen LogP) is 2.01. The number of aryl methyl sites for hydroxylation is 1. The molecule has 3 rings (SSSR count). The monoisotopic (exact) mass is 291 g/mol. The molecule has 2 unspecified atom stereocenters. The van der Waals surface area contributed by atoms with Gasteiger partial charge in [-0.25, -0.2) is 4.98 Å². The number of imidazole rings is 1. The van der Waals surface area contributed by atoms with Crippen LogP contribution in [0.15, 0.2) is 6.33 Å². The summed E-state index contributed by atoms with van der Waals surface area (Å²) < 4.78 is 7.37. The predicted molar refractivity (Wildman–Crippen MR) is 80.2 cm³/mol. The van der Waals surface area contributed by atoms with Crippen LogP contribution in [0.4, 0.5) is 0 Å². The number of nitrogens with one attached hydrogen (secondary N) is 1. The lowest BCUT2D eigenvalue weighted by molar-refractivity contribution is -0.148. The highest BCUT2D eigenvalue weighted by molar-refractivity contribution is 5.81. The summed E-state index contributed by atoms with van der Waals surface area (Å²) in [7, 11) is 1.48. The number of esters is 1. The second kappa shape index (κ2) is 5.79. The van der Waals surface area contributed by atoms with Crippen molar-refractivity contribution in [2.45, 2.75) is 63.5 Å². The first-order valence-corrected chi connectivity index (χ1v) is 8.08. The highest BCUT2D eigenvalue weighted by Crippen LogP contribution is 2.40. The van der Waals surface area contributed by atoms with Gasteiger partial charge in [0.2, 0.25) is 0 Å². The van der Waals surface area contributed by atoms with E-state index in [2.05, 4.69) is 14.9 Å². The zero-order chi connectivity index (χ0) is 14.9. The summed E-state index contributed by atoms with van der Waals surface area (Å²) in [5, 5.41) is 3.37. The minimum absolute atomic E-state index is 0.124. The summed E-state index contributed by atoms with van der Waals surface area (Å²) in [4.78, 5) is 16.8. The zero-order valence-electron chi connectivity index (χ0n) is 13.0. The molecule has 0 amide bonds. The molecule has 2 aliphatic rings. The van der Waals surface area contributed by atoms with E-state index >= 15 is 0 Å². The molecule has 2 atom stereocenters. The van der Waals surface area contributed by atoms with Gasteiger partial charge in [0.25, 0.3) is 0 Å². The van der Waals surface area contributed by atoms with Gasteiger partial charge >= 0.3 is 5.97 Å². The van der Waals surface area contributed by atoms with E-state index in [1.165, 1.54) is 31.3 Å². The third-order valence-corrected chi connectivity index (χ3v) is 5.03. The maximum absolute atomic E-state index is 12.2. The standard InChI is InChI=1S/C16H25N3O2/c1-3-18-16(15(20)21-2)9-8-12(10-16)19-11-17-13-6-4-5-7-14(13)19/h11-12,18H,3-10H2,1-2H3. The third-order valence-electron chi connectivity index (χ3n) is 5.03. The van der Waals surface area contributed by atoms with Crippen LogP contribution in [-0.2, 0) is 22.4 Å². The Kier molecular flexibility index (Phi) is 4.02. The fraction of sp³-hybridized carbons (Fsp3) is 0.750. The number of likely N-dealkylation sites (N-methyl/N-ethyl adjacent to an activating group) is 1. The minimum atomic E-state index is -0.514. The second-order valence-corrected chi connectivity index (χ2v) is 6.25. The molecule has 5 nitrogen and oxygen atoms in total. The smallest absolute Gasteiger partial charge is 0.326 e. The summed E-state index contributed by atoms with van der Waals surface area (Å²) in [5.41, 5.74) is 2.14. The fourth-order valence-electron chi connectivity index (χ4n) is 4.02. The average molecular weight is 291 g/mol. The van der Waals surface area contributed by atoms with Gasteiger partial charge in [0.05, 0.1) is 19.1 Å². The van der Waals surface area contributed by atoms with E-state index in [1.807, 2.05) is 13.3 Å². The third kappa shape index (κ3) is 2.48. The number of hydrogen-bond acceptors (Lipinski definition) is 4. The van der Waals surface area contributed by atoms with E-state index in [0.29, 0.717) is 6.04 Å². The van der Waals surface area contributed by atoms with Crippen LogP contribution in [0.25, 0.3) is 0 Å². The molecule has 2 aliphatic carbocycles. The Bertz CT molecular complexity index is 526. The van der Waals surface area contributed by atoms with E-state index in [0.717, 1.165) is 38.6 Å². The molecule has 1 saturated carbocycles. The highest BCUT2D eigenvalue weighted by atomic mass is 16.5. The van der Waals surface area contributed by atoms with Gasteiger partial charge in [-0.15, -0.1) is 0 Å². The summed E-state index contributed by atoms with van der Waals surface area (Å²) in [6, 6.07) is 0.359. The summed E-state index contributed by atoms with van der Waals surface area (Å²) in [5.74, 6) is -0.124. The van der Waals surface area contributed by atoms with Crippen molar-refractivity contribution in [3.63, 3.8) is 0 Å².